The number of amides is 1. The molecule has 1 amide bonds. The summed E-state index contributed by atoms with van der Waals surface area (Å²) in [6, 6.07) is 11.9. The molecule has 0 aliphatic carbocycles. The molecule has 1 aliphatic rings. The van der Waals surface area contributed by atoms with Crippen molar-refractivity contribution in [2.75, 3.05) is 7.11 Å². The van der Waals surface area contributed by atoms with E-state index in [-0.39, 0.29) is 17.9 Å². The number of hydrogen-bond donors (Lipinski definition) is 1. The van der Waals surface area contributed by atoms with Crippen LogP contribution in [0.15, 0.2) is 65.8 Å². The molecule has 152 valence electrons. The van der Waals surface area contributed by atoms with E-state index >= 15 is 0 Å². The fraction of sp³-hybridized carbons (Fsp3) is 0.174. The van der Waals surface area contributed by atoms with E-state index in [0.29, 0.717) is 11.3 Å². The standard InChI is InChI=1S/C23H20N2O4S/c1-14-12-16(5-6-17(14)29-2)21(26)19-20(18-4-3-11-30-18)25(23(28)22(19)27)13-15-7-9-24-10-8-15/h3-12,20,26H,13H2,1-2H3/b21-19-. The van der Waals surface area contributed by atoms with Crippen LogP contribution in [0.4, 0.5) is 0 Å². The van der Waals surface area contributed by atoms with Gasteiger partial charge in [-0.1, -0.05) is 6.07 Å². The molecular weight excluding hydrogens is 400 g/mol. The lowest BCUT2D eigenvalue weighted by Gasteiger charge is -2.24. The number of hydrogen-bond acceptors (Lipinski definition) is 6. The number of carbonyl (C=O) groups is 2. The van der Waals surface area contributed by atoms with Crippen molar-refractivity contribution < 1.29 is 19.4 Å². The highest BCUT2D eigenvalue weighted by Gasteiger charge is 2.46. The first-order valence-corrected chi connectivity index (χ1v) is 10.2. The van der Waals surface area contributed by atoms with Gasteiger partial charge in [0.2, 0.25) is 0 Å². The quantitative estimate of drug-likeness (QED) is 0.382. The summed E-state index contributed by atoms with van der Waals surface area (Å²) in [5.74, 6) is -0.820. The highest BCUT2D eigenvalue weighted by Crippen LogP contribution is 2.42. The van der Waals surface area contributed by atoms with Crippen molar-refractivity contribution in [1.29, 1.82) is 0 Å². The lowest BCUT2D eigenvalue weighted by molar-refractivity contribution is -0.140. The number of ether oxygens (including phenoxy) is 1. The van der Waals surface area contributed by atoms with E-state index in [1.54, 1.807) is 49.8 Å². The van der Waals surface area contributed by atoms with Gasteiger partial charge in [-0.3, -0.25) is 14.6 Å². The number of aryl methyl sites for hydroxylation is 1. The van der Waals surface area contributed by atoms with Crippen LogP contribution in [0.3, 0.4) is 0 Å². The number of aliphatic hydroxyl groups is 1. The van der Waals surface area contributed by atoms with Crippen molar-refractivity contribution in [2.24, 2.45) is 0 Å². The fourth-order valence-electron chi connectivity index (χ4n) is 3.65. The Morgan fingerprint density at radius 1 is 1.20 bits per heavy atom. The second-order valence-electron chi connectivity index (χ2n) is 6.98. The number of rotatable bonds is 5. The van der Waals surface area contributed by atoms with Crippen LogP contribution in [0.5, 0.6) is 5.75 Å². The van der Waals surface area contributed by atoms with E-state index in [9.17, 15) is 14.7 Å². The Labute approximate surface area is 178 Å². The van der Waals surface area contributed by atoms with Crippen LogP contribution < -0.4 is 4.74 Å². The van der Waals surface area contributed by atoms with E-state index in [0.717, 1.165) is 16.0 Å². The monoisotopic (exact) mass is 420 g/mol. The molecular formula is C23H20N2O4S. The molecule has 3 aromatic rings. The normalized spacial score (nSPS) is 18.1. The van der Waals surface area contributed by atoms with E-state index in [2.05, 4.69) is 4.98 Å². The van der Waals surface area contributed by atoms with Crippen molar-refractivity contribution >= 4 is 28.8 Å². The highest BCUT2D eigenvalue weighted by molar-refractivity contribution is 7.10. The van der Waals surface area contributed by atoms with Gasteiger partial charge in [-0.2, -0.15) is 0 Å². The zero-order valence-electron chi connectivity index (χ0n) is 16.5. The number of carbonyl (C=O) groups excluding carboxylic acids is 2. The van der Waals surface area contributed by atoms with Crippen LogP contribution in [-0.4, -0.2) is 33.8 Å². The molecule has 4 rings (SSSR count). The summed E-state index contributed by atoms with van der Waals surface area (Å²) in [6.07, 6.45) is 3.29. The summed E-state index contributed by atoms with van der Waals surface area (Å²) in [5, 5.41) is 13.0. The van der Waals surface area contributed by atoms with Gasteiger partial charge in [0.25, 0.3) is 11.7 Å². The summed E-state index contributed by atoms with van der Waals surface area (Å²) in [4.78, 5) is 32.2. The van der Waals surface area contributed by atoms with Crippen molar-refractivity contribution in [3.63, 3.8) is 0 Å². The lowest BCUT2D eigenvalue weighted by Crippen LogP contribution is -2.28. The zero-order valence-corrected chi connectivity index (χ0v) is 17.3. The summed E-state index contributed by atoms with van der Waals surface area (Å²) >= 11 is 1.44. The Hall–Kier alpha value is -3.45. The molecule has 1 aromatic carbocycles. The number of thiophene rings is 1. The second kappa shape index (κ2) is 8.12. The molecule has 3 heterocycles. The third kappa shape index (κ3) is 3.48. The molecule has 1 atom stereocenters. The maximum Gasteiger partial charge on any atom is 0.295 e. The SMILES string of the molecule is COc1ccc(/C(O)=C2/C(=O)C(=O)N(Cc3ccncc3)C2c2cccs2)cc1C. The van der Waals surface area contributed by atoms with Crippen LogP contribution >= 0.6 is 11.3 Å². The van der Waals surface area contributed by atoms with E-state index in [4.69, 9.17) is 4.74 Å². The van der Waals surface area contributed by atoms with Gasteiger partial charge in [0.05, 0.1) is 18.7 Å². The van der Waals surface area contributed by atoms with Crippen molar-refractivity contribution in [2.45, 2.75) is 19.5 Å². The van der Waals surface area contributed by atoms with Gasteiger partial charge in [-0.05, 0) is 59.8 Å². The largest absolute Gasteiger partial charge is 0.507 e. The van der Waals surface area contributed by atoms with Gasteiger partial charge in [0.15, 0.2) is 0 Å². The first kappa shape index (κ1) is 19.8. The Kier molecular flexibility index (Phi) is 5.37. The first-order valence-electron chi connectivity index (χ1n) is 9.37. The van der Waals surface area contributed by atoms with Gasteiger partial charge in [0, 0.05) is 29.4 Å². The van der Waals surface area contributed by atoms with Gasteiger partial charge in [0.1, 0.15) is 11.5 Å². The lowest BCUT2D eigenvalue weighted by atomic mass is 9.98. The number of methoxy groups -OCH3 is 1. The highest BCUT2D eigenvalue weighted by atomic mass is 32.1. The average molecular weight is 420 g/mol. The number of nitrogens with zero attached hydrogens (tertiary/aromatic N) is 2. The fourth-order valence-corrected chi connectivity index (χ4v) is 4.50. The predicted molar refractivity (Wildman–Crippen MR) is 114 cm³/mol. The molecule has 2 aromatic heterocycles. The van der Waals surface area contributed by atoms with Gasteiger partial charge in [-0.15, -0.1) is 11.3 Å². The summed E-state index contributed by atoms with van der Waals surface area (Å²) in [6.45, 7) is 2.10. The Morgan fingerprint density at radius 2 is 1.97 bits per heavy atom. The molecule has 7 heteroatoms. The molecule has 0 bridgehead atoms. The Balaban J connectivity index is 1.83. The number of pyridine rings is 1. The molecule has 1 N–H and O–H groups in total. The summed E-state index contributed by atoms with van der Waals surface area (Å²) in [7, 11) is 1.57. The predicted octanol–water partition coefficient (Wildman–Crippen LogP) is 4.08. The number of ketones is 1. The van der Waals surface area contributed by atoms with Crippen LogP contribution in [0.2, 0.25) is 0 Å². The topological polar surface area (TPSA) is 79.7 Å². The Morgan fingerprint density at radius 3 is 2.60 bits per heavy atom. The minimum absolute atomic E-state index is 0.0982. The third-order valence-corrected chi connectivity index (χ3v) is 6.05. The molecule has 1 aliphatic heterocycles. The molecule has 0 saturated carbocycles. The van der Waals surface area contributed by atoms with Crippen LogP contribution in [0.25, 0.3) is 5.76 Å². The maximum atomic E-state index is 13.0. The number of benzene rings is 1. The average Bonchev–Trinajstić information content (AvgIpc) is 3.37. The number of aromatic nitrogens is 1. The second-order valence-corrected chi connectivity index (χ2v) is 7.96. The number of aliphatic hydroxyl groups excluding tert-OH is 1. The minimum atomic E-state index is -0.687. The van der Waals surface area contributed by atoms with Gasteiger partial charge in [-0.25, -0.2) is 0 Å². The molecule has 6 nitrogen and oxygen atoms in total. The van der Waals surface area contributed by atoms with Crippen LogP contribution in [0, 0.1) is 6.92 Å². The molecule has 30 heavy (non-hydrogen) atoms. The van der Waals surface area contributed by atoms with Gasteiger partial charge < -0.3 is 14.7 Å². The number of Topliss-reactive ketones (excluding diaryl/α,β-unsaturated/α-hetero) is 1. The maximum absolute atomic E-state index is 13.0. The van der Waals surface area contributed by atoms with E-state index in [1.165, 1.54) is 16.2 Å². The zero-order chi connectivity index (χ0) is 21.3. The van der Waals surface area contributed by atoms with E-state index in [1.807, 2.05) is 24.4 Å². The summed E-state index contributed by atoms with van der Waals surface area (Å²) < 4.78 is 5.28. The smallest absolute Gasteiger partial charge is 0.295 e. The molecule has 0 spiro atoms. The molecule has 0 radical (unpaired) electrons. The number of likely N-dealkylation sites (tertiary alicyclic amines) is 1. The van der Waals surface area contributed by atoms with Crippen molar-refractivity contribution in [3.8, 4) is 5.75 Å². The molecule has 1 unspecified atom stereocenters. The summed E-state index contributed by atoms with van der Waals surface area (Å²) in [5.41, 5.74) is 2.24. The first-order chi connectivity index (χ1) is 14.5. The Bertz CT molecular complexity index is 1120. The molecule has 1 saturated heterocycles. The van der Waals surface area contributed by atoms with E-state index < -0.39 is 17.7 Å². The van der Waals surface area contributed by atoms with Crippen molar-refractivity contribution in [1.82, 2.24) is 9.88 Å². The van der Waals surface area contributed by atoms with Gasteiger partial charge >= 0.3 is 0 Å². The van der Waals surface area contributed by atoms with Crippen LogP contribution in [0.1, 0.15) is 27.6 Å². The van der Waals surface area contributed by atoms with Crippen LogP contribution in [-0.2, 0) is 16.1 Å². The van der Waals surface area contributed by atoms with Crippen molar-refractivity contribution in [3.05, 3.63) is 87.4 Å². The molecule has 1 fully saturated rings. The third-order valence-electron chi connectivity index (χ3n) is 5.12. The minimum Gasteiger partial charge on any atom is -0.507 e.